The van der Waals surface area contributed by atoms with Crippen molar-refractivity contribution in [1.29, 1.82) is 0 Å². The quantitative estimate of drug-likeness (QED) is 0.671. The van der Waals surface area contributed by atoms with E-state index in [4.69, 9.17) is 10.8 Å². The third-order valence-corrected chi connectivity index (χ3v) is 2.76. The predicted octanol–water partition coefficient (Wildman–Crippen LogP) is 0.800. The summed E-state index contributed by atoms with van der Waals surface area (Å²) in [6, 6.07) is 1.43. The van der Waals surface area contributed by atoms with Crippen LogP contribution in [-0.2, 0) is 0 Å². The van der Waals surface area contributed by atoms with Gasteiger partial charge in [0.15, 0.2) is 5.82 Å². The second-order valence-electron chi connectivity index (χ2n) is 4.15. The van der Waals surface area contributed by atoms with Crippen LogP contribution < -0.4 is 11.1 Å². The Morgan fingerprint density at radius 1 is 1.41 bits per heavy atom. The van der Waals surface area contributed by atoms with E-state index in [1.165, 1.54) is 0 Å². The highest BCUT2D eigenvalue weighted by atomic mass is 19.1. The highest BCUT2D eigenvalue weighted by Crippen LogP contribution is 2.21. The van der Waals surface area contributed by atoms with Gasteiger partial charge in [0.25, 0.3) is 5.91 Å². The molecule has 17 heavy (non-hydrogen) atoms. The highest BCUT2D eigenvalue weighted by molar-refractivity contribution is 5.95. The first-order chi connectivity index (χ1) is 7.97. The lowest BCUT2D eigenvalue weighted by Gasteiger charge is -2.31. The molecule has 1 aliphatic carbocycles. The van der Waals surface area contributed by atoms with Crippen molar-refractivity contribution in [2.75, 3.05) is 5.73 Å². The van der Waals surface area contributed by atoms with Gasteiger partial charge in [0.1, 0.15) is 5.82 Å². The Hall–Kier alpha value is -1.69. The topological polar surface area (TPSA) is 75.4 Å². The molecule has 0 spiro atoms. The van der Waals surface area contributed by atoms with Crippen molar-refractivity contribution in [1.82, 2.24) is 5.32 Å². The summed E-state index contributed by atoms with van der Waals surface area (Å²) in [6.45, 7) is 0. The largest absolute Gasteiger partial charge is 0.396 e. The van der Waals surface area contributed by atoms with Gasteiger partial charge in [-0.2, -0.15) is 0 Å². The number of nitrogen functional groups attached to an aromatic ring is 1. The van der Waals surface area contributed by atoms with Crippen molar-refractivity contribution < 1.29 is 18.7 Å². The average molecular weight is 242 g/mol. The first-order valence-electron chi connectivity index (χ1n) is 5.21. The van der Waals surface area contributed by atoms with Crippen LogP contribution in [0.3, 0.4) is 0 Å². The van der Waals surface area contributed by atoms with Crippen LogP contribution in [-0.4, -0.2) is 23.2 Å². The van der Waals surface area contributed by atoms with E-state index < -0.39 is 34.9 Å². The SMILES string of the molecule is Nc1cc(F)cc(C(=O)NC2CC(O)C2)c1F. The van der Waals surface area contributed by atoms with Crippen molar-refractivity contribution in [2.24, 2.45) is 0 Å². The molecule has 4 nitrogen and oxygen atoms in total. The highest BCUT2D eigenvalue weighted by Gasteiger charge is 2.29. The molecular formula is C11H12F2N2O2. The molecular weight excluding hydrogens is 230 g/mol. The standard InChI is InChI=1S/C11H12F2N2O2/c12-5-1-8(10(13)9(14)2-5)11(17)15-6-3-7(16)4-6/h1-2,6-7,16H,3-4,14H2,(H,15,17). The van der Waals surface area contributed by atoms with Crippen LogP contribution >= 0.6 is 0 Å². The van der Waals surface area contributed by atoms with Gasteiger partial charge in [-0.3, -0.25) is 4.79 Å². The Kier molecular flexibility index (Phi) is 2.97. The van der Waals surface area contributed by atoms with Gasteiger partial charge in [-0.25, -0.2) is 8.78 Å². The molecule has 1 saturated carbocycles. The number of carbonyl (C=O) groups is 1. The fourth-order valence-corrected chi connectivity index (χ4v) is 1.74. The Morgan fingerprint density at radius 3 is 2.65 bits per heavy atom. The van der Waals surface area contributed by atoms with E-state index >= 15 is 0 Å². The Morgan fingerprint density at radius 2 is 2.06 bits per heavy atom. The number of nitrogens with two attached hydrogens (primary N) is 1. The molecule has 1 aromatic carbocycles. The minimum Gasteiger partial charge on any atom is -0.396 e. The second-order valence-corrected chi connectivity index (χ2v) is 4.15. The number of carbonyl (C=O) groups excluding carboxylic acids is 1. The van der Waals surface area contributed by atoms with E-state index in [2.05, 4.69) is 5.32 Å². The van der Waals surface area contributed by atoms with Crippen LogP contribution in [0.2, 0.25) is 0 Å². The molecule has 4 N–H and O–H groups in total. The second kappa shape index (κ2) is 4.29. The molecule has 1 aromatic rings. The van der Waals surface area contributed by atoms with Crippen LogP contribution in [0.4, 0.5) is 14.5 Å². The summed E-state index contributed by atoms with van der Waals surface area (Å²) in [5.41, 5.74) is 4.41. The number of rotatable bonds is 2. The van der Waals surface area contributed by atoms with Gasteiger partial charge in [0, 0.05) is 6.04 Å². The zero-order valence-corrected chi connectivity index (χ0v) is 8.91. The van der Waals surface area contributed by atoms with Crippen molar-refractivity contribution in [3.63, 3.8) is 0 Å². The summed E-state index contributed by atoms with van der Waals surface area (Å²) < 4.78 is 26.5. The molecule has 92 valence electrons. The van der Waals surface area contributed by atoms with E-state index in [-0.39, 0.29) is 6.04 Å². The smallest absolute Gasteiger partial charge is 0.254 e. The number of aliphatic hydroxyl groups excluding tert-OH is 1. The number of nitrogens with one attached hydrogen (secondary N) is 1. The maximum absolute atomic E-state index is 13.5. The number of aliphatic hydroxyl groups is 1. The molecule has 0 heterocycles. The maximum atomic E-state index is 13.5. The molecule has 0 aliphatic heterocycles. The van der Waals surface area contributed by atoms with Crippen LogP contribution in [0, 0.1) is 11.6 Å². The summed E-state index contributed by atoms with van der Waals surface area (Å²) in [4.78, 5) is 11.6. The number of hydrogen-bond acceptors (Lipinski definition) is 3. The molecule has 0 radical (unpaired) electrons. The fraction of sp³-hybridized carbons (Fsp3) is 0.364. The molecule has 1 fully saturated rings. The molecule has 0 atom stereocenters. The van der Waals surface area contributed by atoms with Crippen LogP contribution in [0.25, 0.3) is 0 Å². The number of amides is 1. The maximum Gasteiger partial charge on any atom is 0.254 e. The lowest BCUT2D eigenvalue weighted by molar-refractivity contribution is 0.0561. The summed E-state index contributed by atoms with van der Waals surface area (Å²) in [5, 5.41) is 11.5. The van der Waals surface area contributed by atoms with Crippen molar-refractivity contribution in [3.8, 4) is 0 Å². The number of benzene rings is 1. The zero-order valence-electron chi connectivity index (χ0n) is 8.91. The van der Waals surface area contributed by atoms with E-state index in [9.17, 15) is 13.6 Å². The monoisotopic (exact) mass is 242 g/mol. The number of halogens is 2. The molecule has 2 rings (SSSR count). The molecule has 0 aromatic heterocycles. The molecule has 6 heteroatoms. The number of hydrogen-bond donors (Lipinski definition) is 3. The lowest BCUT2D eigenvalue weighted by Crippen LogP contribution is -2.46. The van der Waals surface area contributed by atoms with Crippen LogP contribution in [0.15, 0.2) is 12.1 Å². The van der Waals surface area contributed by atoms with Crippen LogP contribution in [0.1, 0.15) is 23.2 Å². The minimum atomic E-state index is -0.927. The van der Waals surface area contributed by atoms with Gasteiger partial charge < -0.3 is 16.2 Å². The van der Waals surface area contributed by atoms with E-state index in [0.29, 0.717) is 12.8 Å². The van der Waals surface area contributed by atoms with E-state index in [1.807, 2.05) is 0 Å². The summed E-state index contributed by atoms with van der Waals surface area (Å²) >= 11 is 0. The van der Waals surface area contributed by atoms with E-state index in [0.717, 1.165) is 12.1 Å². The third-order valence-electron chi connectivity index (χ3n) is 2.76. The van der Waals surface area contributed by atoms with Gasteiger partial charge in [0.05, 0.1) is 17.4 Å². The third kappa shape index (κ3) is 2.36. The molecule has 1 aliphatic rings. The van der Waals surface area contributed by atoms with E-state index in [1.54, 1.807) is 0 Å². The van der Waals surface area contributed by atoms with Crippen molar-refractivity contribution in [3.05, 3.63) is 29.3 Å². The Balaban J connectivity index is 2.13. The summed E-state index contributed by atoms with van der Waals surface area (Å²) in [6.07, 6.45) is 0.429. The lowest BCUT2D eigenvalue weighted by atomic mass is 9.89. The summed E-state index contributed by atoms with van der Waals surface area (Å²) in [7, 11) is 0. The van der Waals surface area contributed by atoms with Gasteiger partial charge in [-0.1, -0.05) is 0 Å². The minimum absolute atomic E-state index is 0.193. The fourth-order valence-electron chi connectivity index (χ4n) is 1.74. The predicted molar refractivity (Wildman–Crippen MR) is 57.3 cm³/mol. The molecule has 0 bridgehead atoms. The molecule has 0 unspecified atom stereocenters. The first-order valence-corrected chi connectivity index (χ1v) is 5.21. The van der Waals surface area contributed by atoms with Gasteiger partial charge in [-0.15, -0.1) is 0 Å². The molecule has 0 saturated heterocycles. The van der Waals surface area contributed by atoms with Gasteiger partial charge in [-0.05, 0) is 25.0 Å². The number of anilines is 1. The Labute approximate surface area is 96.4 Å². The zero-order chi connectivity index (χ0) is 12.6. The summed E-state index contributed by atoms with van der Waals surface area (Å²) in [5.74, 6) is -2.41. The van der Waals surface area contributed by atoms with Gasteiger partial charge >= 0.3 is 0 Å². The Bertz CT molecular complexity index is 459. The average Bonchev–Trinajstić information content (AvgIpc) is 2.21. The molecule has 1 amide bonds. The van der Waals surface area contributed by atoms with Gasteiger partial charge in [0.2, 0.25) is 0 Å². The normalized spacial score (nSPS) is 23.0. The first kappa shape index (κ1) is 11.8. The van der Waals surface area contributed by atoms with Crippen LogP contribution in [0.5, 0.6) is 0 Å². The van der Waals surface area contributed by atoms with Crippen molar-refractivity contribution in [2.45, 2.75) is 25.0 Å². The van der Waals surface area contributed by atoms with Crippen molar-refractivity contribution >= 4 is 11.6 Å².